The van der Waals surface area contributed by atoms with Gasteiger partial charge >= 0.3 is 11.8 Å². The van der Waals surface area contributed by atoms with Crippen LogP contribution in [-0.2, 0) is 16.1 Å². The van der Waals surface area contributed by atoms with Gasteiger partial charge in [-0.05, 0) is 24.1 Å². The van der Waals surface area contributed by atoms with E-state index < -0.39 is 11.8 Å². The molecule has 0 spiro atoms. The molecule has 0 bridgehead atoms. The van der Waals surface area contributed by atoms with Gasteiger partial charge in [-0.3, -0.25) is 9.59 Å². The molecule has 0 aliphatic carbocycles. The smallest absolute Gasteiger partial charge is 0.312 e. The fraction of sp³-hybridized carbons (Fsp3) is 0.462. The zero-order valence-electron chi connectivity index (χ0n) is 10.8. The Morgan fingerprint density at radius 2 is 1.95 bits per heavy atom. The predicted octanol–water partition coefficient (Wildman–Crippen LogP) is 1.32. The van der Waals surface area contributed by atoms with E-state index >= 15 is 0 Å². The lowest BCUT2D eigenvalue weighted by Gasteiger charge is -2.33. The monoisotopic (exact) mass is 281 g/mol. The Labute approximate surface area is 117 Å². The van der Waals surface area contributed by atoms with Crippen molar-refractivity contribution in [2.45, 2.75) is 19.9 Å². The molecule has 2 heterocycles. The maximum Gasteiger partial charge on any atom is 0.312 e. The molecule has 1 saturated heterocycles. The van der Waals surface area contributed by atoms with Crippen LogP contribution in [0.3, 0.4) is 0 Å². The van der Waals surface area contributed by atoms with Crippen molar-refractivity contribution in [3.8, 4) is 0 Å². The van der Waals surface area contributed by atoms with Crippen LogP contribution in [0.25, 0.3) is 0 Å². The highest BCUT2D eigenvalue weighted by molar-refractivity contribution is 6.35. The van der Waals surface area contributed by atoms with Crippen molar-refractivity contribution < 1.29 is 9.59 Å². The number of halogens is 1. The summed E-state index contributed by atoms with van der Waals surface area (Å²) in [6, 6.07) is 3.50. The number of piperazine rings is 1. The lowest BCUT2D eigenvalue weighted by atomic mass is 10.2. The average Bonchev–Trinajstić information content (AvgIpc) is 2.39. The fourth-order valence-corrected chi connectivity index (χ4v) is 2.31. The number of carbonyl (C=O) groups excluding carboxylic acids is 2. The van der Waals surface area contributed by atoms with Crippen LogP contribution < -0.4 is 0 Å². The van der Waals surface area contributed by atoms with Crippen LogP contribution in [0.2, 0.25) is 5.15 Å². The van der Waals surface area contributed by atoms with Gasteiger partial charge in [-0.25, -0.2) is 4.98 Å². The molecule has 6 heteroatoms. The lowest BCUT2D eigenvalue weighted by molar-refractivity contribution is -0.156. The first-order valence-electron chi connectivity index (χ1n) is 6.30. The Balaban J connectivity index is 2.03. The van der Waals surface area contributed by atoms with E-state index in [1.54, 1.807) is 28.1 Å². The molecule has 1 fully saturated rings. The molecular weight excluding hydrogens is 266 g/mol. The maximum absolute atomic E-state index is 12.0. The van der Waals surface area contributed by atoms with Crippen LogP contribution in [0.5, 0.6) is 0 Å². The second-order valence-corrected chi connectivity index (χ2v) is 4.89. The van der Waals surface area contributed by atoms with Crippen LogP contribution in [0.4, 0.5) is 0 Å². The topological polar surface area (TPSA) is 53.5 Å². The molecule has 1 aliphatic heterocycles. The highest BCUT2D eigenvalue weighted by atomic mass is 35.5. The molecule has 0 radical (unpaired) electrons. The Morgan fingerprint density at radius 3 is 2.63 bits per heavy atom. The summed E-state index contributed by atoms with van der Waals surface area (Å²) >= 11 is 5.80. The molecule has 1 aromatic heterocycles. The molecule has 5 nitrogen and oxygen atoms in total. The Morgan fingerprint density at radius 1 is 1.26 bits per heavy atom. The van der Waals surface area contributed by atoms with E-state index in [4.69, 9.17) is 11.6 Å². The Kier molecular flexibility index (Phi) is 4.37. The van der Waals surface area contributed by atoms with Crippen LogP contribution in [-0.4, -0.2) is 46.2 Å². The van der Waals surface area contributed by atoms with Gasteiger partial charge in [-0.2, -0.15) is 0 Å². The van der Waals surface area contributed by atoms with E-state index in [2.05, 4.69) is 4.98 Å². The normalized spacial score (nSPS) is 16.1. The van der Waals surface area contributed by atoms with Crippen LogP contribution in [0.15, 0.2) is 18.3 Å². The molecule has 2 rings (SSSR count). The number of aromatic nitrogens is 1. The third kappa shape index (κ3) is 3.23. The number of hydrogen-bond acceptors (Lipinski definition) is 3. The second-order valence-electron chi connectivity index (χ2n) is 4.51. The van der Waals surface area contributed by atoms with Crippen molar-refractivity contribution in [1.82, 2.24) is 14.8 Å². The number of nitrogens with zero attached hydrogens (tertiary/aromatic N) is 3. The predicted molar refractivity (Wildman–Crippen MR) is 71.5 cm³/mol. The summed E-state index contributed by atoms with van der Waals surface area (Å²) in [7, 11) is 0. The first kappa shape index (κ1) is 13.8. The lowest BCUT2D eigenvalue weighted by Crippen LogP contribution is -2.53. The molecule has 0 saturated carbocycles. The molecule has 0 atom stereocenters. The van der Waals surface area contributed by atoms with E-state index in [0.717, 1.165) is 12.0 Å². The van der Waals surface area contributed by atoms with Gasteiger partial charge in [-0.15, -0.1) is 0 Å². The maximum atomic E-state index is 12.0. The van der Waals surface area contributed by atoms with E-state index in [9.17, 15) is 9.59 Å². The summed E-state index contributed by atoms with van der Waals surface area (Å²) in [5, 5.41) is 0.390. The minimum atomic E-state index is -0.437. The summed E-state index contributed by atoms with van der Waals surface area (Å²) in [4.78, 5) is 30.9. The van der Waals surface area contributed by atoms with Gasteiger partial charge in [0.25, 0.3) is 0 Å². The van der Waals surface area contributed by atoms with E-state index in [0.29, 0.717) is 31.3 Å². The van der Waals surface area contributed by atoms with Crippen molar-refractivity contribution in [3.63, 3.8) is 0 Å². The summed E-state index contributed by atoms with van der Waals surface area (Å²) < 4.78 is 0. The van der Waals surface area contributed by atoms with Gasteiger partial charge in [-0.1, -0.05) is 18.5 Å². The van der Waals surface area contributed by atoms with Gasteiger partial charge in [0.2, 0.25) is 0 Å². The molecular formula is C13H16ClN3O2. The largest absolute Gasteiger partial charge is 0.333 e. The van der Waals surface area contributed by atoms with Gasteiger partial charge in [0.1, 0.15) is 5.15 Å². The molecule has 102 valence electrons. The number of carbonyl (C=O) groups is 2. The number of pyridine rings is 1. The van der Waals surface area contributed by atoms with Crippen molar-refractivity contribution in [2.75, 3.05) is 19.6 Å². The van der Waals surface area contributed by atoms with Gasteiger partial charge < -0.3 is 9.80 Å². The standard InChI is InChI=1S/C13H16ClN3O2/c1-2-5-16-6-7-17(13(19)12(16)18)9-10-3-4-15-11(14)8-10/h3-4,8H,2,5-7,9H2,1H3. The third-order valence-electron chi connectivity index (χ3n) is 3.06. The van der Waals surface area contributed by atoms with Crippen LogP contribution in [0, 0.1) is 0 Å². The number of rotatable bonds is 4. The minimum absolute atomic E-state index is 0.390. The number of amides is 2. The van der Waals surface area contributed by atoms with Crippen molar-refractivity contribution in [2.24, 2.45) is 0 Å². The van der Waals surface area contributed by atoms with Crippen molar-refractivity contribution >= 4 is 23.4 Å². The summed E-state index contributed by atoms with van der Waals surface area (Å²) in [5.41, 5.74) is 0.880. The highest BCUT2D eigenvalue weighted by Gasteiger charge is 2.31. The molecule has 1 aromatic rings. The molecule has 0 aromatic carbocycles. The summed E-state index contributed by atoms with van der Waals surface area (Å²) in [6.45, 7) is 4.18. The van der Waals surface area contributed by atoms with E-state index in [-0.39, 0.29) is 0 Å². The second kappa shape index (κ2) is 6.02. The summed E-state index contributed by atoms with van der Waals surface area (Å²) in [6.07, 6.45) is 2.45. The first-order chi connectivity index (χ1) is 9.11. The van der Waals surface area contributed by atoms with E-state index in [1.165, 1.54) is 0 Å². The van der Waals surface area contributed by atoms with Gasteiger partial charge in [0.05, 0.1) is 0 Å². The van der Waals surface area contributed by atoms with Crippen molar-refractivity contribution in [1.29, 1.82) is 0 Å². The van der Waals surface area contributed by atoms with Gasteiger partial charge in [0, 0.05) is 32.4 Å². The number of hydrogen-bond donors (Lipinski definition) is 0. The fourth-order valence-electron chi connectivity index (χ4n) is 2.11. The molecule has 1 aliphatic rings. The Bertz CT molecular complexity index is 493. The van der Waals surface area contributed by atoms with Crippen LogP contribution in [0.1, 0.15) is 18.9 Å². The molecule has 19 heavy (non-hydrogen) atoms. The first-order valence-corrected chi connectivity index (χ1v) is 6.68. The average molecular weight is 282 g/mol. The molecule has 0 unspecified atom stereocenters. The third-order valence-corrected chi connectivity index (χ3v) is 3.26. The van der Waals surface area contributed by atoms with Gasteiger partial charge in [0.15, 0.2) is 0 Å². The minimum Gasteiger partial charge on any atom is -0.333 e. The quantitative estimate of drug-likeness (QED) is 0.618. The van der Waals surface area contributed by atoms with Crippen molar-refractivity contribution in [3.05, 3.63) is 29.0 Å². The highest BCUT2D eigenvalue weighted by Crippen LogP contribution is 2.13. The zero-order valence-corrected chi connectivity index (χ0v) is 11.6. The van der Waals surface area contributed by atoms with E-state index in [1.807, 2.05) is 6.92 Å². The Hall–Kier alpha value is -1.62. The SMILES string of the molecule is CCCN1CCN(Cc2ccnc(Cl)c2)C(=O)C1=O. The molecule has 0 N–H and O–H groups in total. The zero-order chi connectivity index (χ0) is 13.8. The summed E-state index contributed by atoms with van der Waals surface area (Å²) in [5.74, 6) is -0.846. The van der Waals surface area contributed by atoms with Crippen LogP contribution >= 0.6 is 11.6 Å². The molecule has 2 amide bonds.